The number of sulfonamides is 1. The summed E-state index contributed by atoms with van der Waals surface area (Å²) in [6.45, 7) is 1.70. The number of aromatic hydroxyl groups is 1. The second kappa shape index (κ2) is 5.37. The lowest BCUT2D eigenvalue weighted by Crippen LogP contribution is -2.14. The summed E-state index contributed by atoms with van der Waals surface area (Å²) in [5, 5.41) is 20.0. The standard InChI is InChI=1S/C12H11N3O5S/c1-8-3-2-4-12(13-8)14-21(19,20)9-5-6-11(16)10(7-9)15(17)18/h2-7,16H,1H3,(H,13,14). The summed E-state index contributed by atoms with van der Waals surface area (Å²) in [5.41, 5.74) is -0.0676. The van der Waals surface area contributed by atoms with Gasteiger partial charge < -0.3 is 5.11 Å². The Labute approximate surface area is 120 Å². The molecule has 1 aromatic carbocycles. The Kier molecular flexibility index (Phi) is 3.76. The van der Waals surface area contributed by atoms with Gasteiger partial charge in [0.25, 0.3) is 10.0 Å². The minimum Gasteiger partial charge on any atom is -0.502 e. The molecule has 0 saturated heterocycles. The first kappa shape index (κ1) is 14.7. The number of benzene rings is 1. The van der Waals surface area contributed by atoms with Gasteiger partial charge in [-0.1, -0.05) is 6.07 Å². The smallest absolute Gasteiger partial charge is 0.312 e. The van der Waals surface area contributed by atoms with Gasteiger partial charge in [0.05, 0.1) is 9.82 Å². The molecule has 1 heterocycles. The number of pyridine rings is 1. The van der Waals surface area contributed by atoms with Gasteiger partial charge in [0.2, 0.25) is 0 Å². The average molecular weight is 309 g/mol. The highest BCUT2D eigenvalue weighted by molar-refractivity contribution is 7.92. The van der Waals surface area contributed by atoms with Crippen LogP contribution in [0.3, 0.4) is 0 Å². The Balaban J connectivity index is 2.40. The van der Waals surface area contributed by atoms with Gasteiger partial charge in [-0.25, -0.2) is 13.4 Å². The molecule has 0 unspecified atom stereocenters. The van der Waals surface area contributed by atoms with E-state index in [0.29, 0.717) is 5.69 Å². The number of nitro groups is 1. The normalized spacial score (nSPS) is 11.1. The van der Waals surface area contributed by atoms with E-state index >= 15 is 0 Å². The molecule has 0 radical (unpaired) electrons. The Bertz CT molecular complexity index is 804. The molecule has 0 atom stereocenters. The molecule has 110 valence electrons. The van der Waals surface area contributed by atoms with E-state index in [1.165, 1.54) is 6.07 Å². The number of nitrogens with one attached hydrogen (secondary N) is 1. The molecule has 0 aliphatic rings. The average Bonchev–Trinajstić information content (AvgIpc) is 2.38. The van der Waals surface area contributed by atoms with Crippen LogP contribution in [0.2, 0.25) is 0 Å². The molecule has 0 fully saturated rings. The highest BCUT2D eigenvalue weighted by Crippen LogP contribution is 2.28. The van der Waals surface area contributed by atoms with E-state index in [-0.39, 0.29) is 10.7 Å². The predicted molar refractivity (Wildman–Crippen MR) is 74.5 cm³/mol. The SMILES string of the molecule is Cc1cccc(NS(=O)(=O)c2ccc(O)c([N+](=O)[O-])c2)n1. The van der Waals surface area contributed by atoms with Crippen molar-refractivity contribution in [1.29, 1.82) is 0 Å². The van der Waals surface area contributed by atoms with Crippen molar-refractivity contribution in [1.82, 2.24) is 4.98 Å². The molecule has 0 aliphatic heterocycles. The Morgan fingerprint density at radius 2 is 2.00 bits per heavy atom. The van der Waals surface area contributed by atoms with Crippen LogP contribution in [0.1, 0.15) is 5.69 Å². The van der Waals surface area contributed by atoms with Crippen molar-refractivity contribution >= 4 is 21.5 Å². The van der Waals surface area contributed by atoms with Crippen LogP contribution in [0, 0.1) is 17.0 Å². The Morgan fingerprint density at radius 1 is 1.29 bits per heavy atom. The van der Waals surface area contributed by atoms with E-state index < -0.39 is 26.4 Å². The van der Waals surface area contributed by atoms with Crippen LogP contribution < -0.4 is 4.72 Å². The first-order valence-electron chi connectivity index (χ1n) is 5.73. The Hall–Kier alpha value is -2.68. The molecule has 2 N–H and O–H groups in total. The number of anilines is 1. The van der Waals surface area contributed by atoms with Crippen molar-refractivity contribution in [3.63, 3.8) is 0 Å². The highest BCUT2D eigenvalue weighted by Gasteiger charge is 2.21. The molecular weight excluding hydrogens is 298 g/mol. The number of nitrogens with zero attached hydrogens (tertiary/aromatic N) is 2. The quantitative estimate of drug-likeness (QED) is 0.656. The number of aromatic nitrogens is 1. The molecule has 9 heteroatoms. The molecule has 0 spiro atoms. The topological polar surface area (TPSA) is 122 Å². The monoisotopic (exact) mass is 309 g/mol. The molecular formula is C12H11N3O5S. The number of aryl methyl sites for hydroxylation is 1. The Morgan fingerprint density at radius 3 is 2.62 bits per heavy atom. The lowest BCUT2D eigenvalue weighted by molar-refractivity contribution is -0.386. The van der Waals surface area contributed by atoms with E-state index in [4.69, 9.17) is 0 Å². The fraction of sp³-hybridized carbons (Fsp3) is 0.0833. The predicted octanol–water partition coefficient (Wildman–Crippen LogP) is 1.80. The maximum absolute atomic E-state index is 12.1. The fourth-order valence-electron chi connectivity index (χ4n) is 1.61. The first-order valence-corrected chi connectivity index (χ1v) is 7.22. The third-order valence-corrected chi connectivity index (χ3v) is 3.93. The number of phenolic OH excluding ortho intramolecular Hbond substituents is 1. The highest BCUT2D eigenvalue weighted by atomic mass is 32.2. The van der Waals surface area contributed by atoms with Gasteiger partial charge in [-0.2, -0.15) is 0 Å². The molecule has 2 aromatic rings. The van der Waals surface area contributed by atoms with Gasteiger partial charge in [0, 0.05) is 11.8 Å². The van der Waals surface area contributed by atoms with Crippen molar-refractivity contribution in [3.05, 3.63) is 52.2 Å². The molecule has 0 saturated carbocycles. The zero-order valence-corrected chi connectivity index (χ0v) is 11.7. The van der Waals surface area contributed by atoms with Crippen LogP contribution in [0.5, 0.6) is 5.75 Å². The maximum atomic E-state index is 12.1. The fourth-order valence-corrected chi connectivity index (χ4v) is 2.63. The van der Waals surface area contributed by atoms with Gasteiger partial charge in [-0.15, -0.1) is 0 Å². The third kappa shape index (κ3) is 3.26. The minimum absolute atomic E-state index is 0.103. The number of hydrogen-bond acceptors (Lipinski definition) is 6. The number of nitro benzene ring substituents is 1. The molecule has 0 amide bonds. The van der Waals surface area contributed by atoms with Crippen molar-refractivity contribution in [3.8, 4) is 5.75 Å². The van der Waals surface area contributed by atoms with Crippen molar-refractivity contribution < 1.29 is 18.4 Å². The molecule has 2 rings (SSSR count). The van der Waals surface area contributed by atoms with E-state index in [0.717, 1.165) is 18.2 Å². The lowest BCUT2D eigenvalue weighted by Gasteiger charge is -2.08. The van der Waals surface area contributed by atoms with Crippen LogP contribution in [-0.2, 0) is 10.0 Å². The molecule has 8 nitrogen and oxygen atoms in total. The van der Waals surface area contributed by atoms with E-state index in [2.05, 4.69) is 9.71 Å². The van der Waals surface area contributed by atoms with E-state index in [1.54, 1.807) is 19.1 Å². The first-order chi connectivity index (χ1) is 9.79. The second-order valence-corrected chi connectivity index (χ2v) is 5.86. The summed E-state index contributed by atoms with van der Waals surface area (Å²) in [6, 6.07) is 7.59. The van der Waals surface area contributed by atoms with E-state index in [9.17, 15) is 23.6 Å². The van der Waals surface area contributed by atoms with E-state index in [1.807, 2.05) is 0 Å². The van der Waals surface area contributed by atoms with Gasteiger partial charge in [0.15, 0.2) is 5.75 Å². The summed E-state index contributed by atoms with van der Waals surface area (Å²) in [6.07, 6.45) is 0. The zero-order valence-electron chi connectivity index (χ0n) is 10.8. The van der Waals surface area contributed by atoms with Crippen molar-refractivity contribution in [2.75, 3.05) is 4.72 Å². The number of rotatable bonds is 4. The molecule has 21 heavy (non-hydrogen) atoms. The van der Waals surface area contributed by atoms with Crippen LogP contribution in [0.15, 0.2) is 41.3 Å². The third-order valence-electron chi connectivity index (χ3n) is 2.58. The number of phenols is 1. The summed E-state index contributed by atoms with van der Waals surface area (Å²) in [7, 11) is -4.03. The van der Waals surface area contributed by atoms with Crippen LogP contribution in [0.4, 0.5) is 11.5 Å². The molecule has 0 bridgehead atoms. The second-order valence-electron chi connectivity index (χ2n) is 4.18. The summed E-state index contributed by atoms with van der Waals surface area (Å²) >= 11 is 0. The van der Waals surface area contributed by atoms with Gasteiger partial charge in [-0.05, 0) is 31.2 Å². The van der Waals surface area contributed by atoms with Gasteiger partial charge >= 0.3 is 5.69 Å². The number of hydrogen-bond donors (Lipinski definition) is 2. The van der Waals surface area contributed by atoms with Crippen LogP contribution in [0.25, 0.3) is 0 Å². The van der Waals surface area contributed by atoms with Crippen LogP contribution in [-0.4, -0.2) is 23.4 Å². The van der Waals surface area contributed by atoms with Crippen LogP contribution >= 0.6 is 0 Å². The van der Waals surface area contributed by atoms with Crippen molar-refractivity contribution in [2.45, 2.75) is 11.8 Å². The molecule has 0 aliphatic carbocycles. The van der Waals surface area contributed by atoms with Gasteiger partial charge in [-0.3, -0.25) is 14.8 Å². The van der Waals surface area contributed by atoms with Crippen molar-refractivity contribution in [2.24, 2.45) is 0 Å². The summed E-state index contributed by atoms with van der Waals surface area (Å²) < 4.78 is 26.5. The summed E-state index contributed by atoms with van der Waals surface area (Å²) in [4.78, 5) is 13.5. The van der Waals surface area contributed by atoms with Gasteiger partial charge in [0.1, 0.15) is 5.82 Å². The maximum Gasteiger partial charge on any atom is 0.312 e. The lowest BCUT2D eigenvalue weighted by atomic mass is 10.3. The minimum atomic E-state index is -4.03. The summed E-state index contributed by atoms with van der Waals surface area (Å²) in [5.74, 6) is -0.502. The molecule has 1 aromatic heterocycles. The zero-order chi connectivity index (χ0) is 15.6. The largest absolute Gasteiger partial charge is 0.502 e.